The molecule has 1 aliphatic rings. The Morgan fingerprint density at radius 3 is 2.31 bits per heavy atom. The summed E-state index contributed by atoms with van der Waals surface area (Å²) in [4.78, 5) is 10.5. The predicted molar refractivity (Wildman–Crippen MR) is 45.7 cm³/mol. The number of rotatable bonds is 2. The third-order valence-corrected chi connectivity index (χ3v) is 2.30. The highest BCUT2D eigenvalue weighted by Gasteiger charge is 2.38. The van der Waals surface area contributed by atoms with Gasteiger partial charge in [-0.25, -0.2) is 9.18 Å². The van der Waals surface area contributed by atoms with Gasteiger partial charge >= 0.3 is 5.97 Å². The molecular formula is C10H9FO2. The minimum Gasteiger partial charge on any atom is -0.478 e. The van der Waals surface area contributed by atoms with E-state index in [1.807, 2.05) is 0 Å². The molecule has 0 heterocycles. The van der Waals surface area contributed by atoms with Crippen LogP contribution in [0.3, 0.4) is 0 Å². The first-order valence-electron chi connectivity index (χ1n) is 4.16. The number of carboxylic acid groups (broad SMARTS) is 1. The van der Waals surface area contributed by atoms with Crippen LogP contribution in [0.15, 0.2) is 24.3 Å². The SMILES string of the molecule is O=C(O)c1ccc(C2CC2F)cc1. The van der Waals surface area contributed by atoms with Gasteiger partial charge in [-0.15, -0.1) is 0 Å². The van der Waals surface area contributed by atoms with Crippen LogP contribution in [0.1, 0.15) is 28.3 Å². The molecule has 2 unspecified atom stereocenters. The number of hydrogen-bond donors (Lipinski definition) is 1. The van der Waals surface area contributed by atoms with Gasteiger partial charge in [-0.1, -0.05) is 12.1 Å². The quantitative estimate of drug-likeness (QED) is 0.757. The maximum Gasteiger partial charge on any atom is 0.335 e. The Balaban J connectivity index is 2.19. The molecule has 0 bridgehead atoms. The van der Waals surface area contributed by atoms with E-state index >= 15 is 0 Å². The molecule has 0 saturated heterocycles. The van der Waals surface area contributed by atoms with Gasteiger partial charge in [0.2, 0.25) is 0 Å². The van der Waals surface area contributed by atoms with Crippen LogP contribution in [0.2, 0.25) is 0 Å². The van der Waals surface area contributed by atoms with Crippen molar-refractivity contribution in [1.29, 1.82) is 0 Å². The Bertz CT molecular complexity index is 331. The average Bonchev–Trinajstić information content (AvgIpc) is 2.83. The first-order valence-corrected chi connectivity index (χ1v) is 4.16. The normalized spacial score (nSPS) is 25.6. The monoisotopic (exact) mass is 180 g/mol. The standard InChI is InChI=1S/C10H9FO2/c11-9-5-8(9)6-1-3-7(4-2-6)10(12)13/h1-4,8-9H,5H2,(H,12,13). The summed E-state index contributed by atoms with van der Waals surface area (Å²) < 4.78 is 12.6. The Labute approximate surface area is 75.0 Å². The van der Waals surface area contributed by atoms with Gasteiger partial charge in [0.1, 0.15) is 6.17 Å². The van der Waals surface area contributed by atoms with Gasteiger partial charge in [0.05, 0.1) is 5.56 Å². The van der Waals surface area contributed by atoms with E-state index in [9.17, 15) is 9.18 Å². The van der Waals surface area contributed by atoms with E-state index in [0.29, 0.717) is 6.42 Å². The Morgan fingerprint density at radius 2 is 1.92 bits per heavy atom. The molecule has 0 aromatic heterocycles. The van der Waals surface area contributed by atoms with Crippen molar-refractivity contribution in [2.75, 3.05) is 0 Å². The maximum atomic E-state index is 12.6. The van der Waals surface area contributed by atoms with Gasteiger partial charge in [0, 0.05) is 5.92 Å². The first kappa shape index (κ1) is 8.23. The zero-order valence-electron chi connectivity index (χ0n) is 6.90. The van der Waals surface area contributed by atoms with Gasteiger partial charge < -0.3 is 5.11 Å². The van der Waals surface area contributed by atoms with Crippen molar-refractivity contribution in [3.8, 4) is 0 Å². The number of benzene rings is 1. The lowest BCUT2D eigenvalue weighted by Gasteiger charge is -1.98. The van der Waals surface area contributed by atoms with Crippen molar-refractivity contribution in [2.45, 2.75) is 18.5 Å². The second-order valence-electron chi connectivity index (χ2n) is 3.29. The van der Waals surface area contributed by atoms with E-state index < -0.39 is 12.1 Å². The van der Waals surface area contributed by atoms with Crippen LogP contribution in [0.4, 0.5) is 4.39 Å². The fraction of sp³-hybridized carbons (Fsp3) is 0.300. The molecule has 1 saturated carbocycles. The molecule has 2 atom stereocenters. The van der Waals surface area contributed by atoms with Crippen molar-refractivity contribution in [3.63, 3.8) is 0 Å². The Hall–Kier alpha value is -1.38. The minimum absolute atomic E-state index is 0.00263. The Morgan fingerprint density at radius 1 is 1.38 bits per heavy atom. The van der Waals surface area contributed by atoms with Crippen LogP contribution in [-0.4, -0.2) is 17.2 Å². The summed E-state index contributed by atoms with van der Waals surface area (Å²) in [5.74, 6) is -0.943. The second kappa shape index (κ2) is 2.83. The van der Waals surface area contributed by atoms with E-state index in [2.05, 4.69) is 0 Å². The van der Waals surface area contributed by atoms with Crippen molar-refractivity contribution in [2.24, 2.45) is 0 Å². The van der Waals surface area contributed by atoms with Gasteiger partial charge in [-0.3, -0.25) is 0 Å². The van der Waals surface area contributed by atoms with Crippen LogP contribution >= 0.6 is 0 Å². The molecule has 1 fully saturated rings. The number of hydrogen-bond acceptors (Lipinski definition) is 1. The fourth-order valence-corrected chi connectivity index (χ4v) is 1.38. The van der Waals surface area contributed by atoms with Gasteiger partial charge in [-0.2, -0.15) is 0 Å². The third-order valence-electron chi connectivity index (χ3n) is 2.30. The molecule has 0 amide bonds. The second-order valence-corrected chi connectivity index (χ2v) is 3.29. The van der Waals surface area contributed by atoms with Gasteiger partial charge in [-0.05, 0) is 24.1 Å². The largest absolute Gasteiger partial charge is 0.478 e. The zero-order chi connectivity index (χ0) is 9.42. The average molecular weight is 180 g/mol. The molecular weight excluding hydrogens is 171 g/mol. The van der Waals surface area contributed by atoms with Crippen LogP contribution in [0.5, 0.6) is 0 Å². The maximum absolute atomic E-state index is 12.6. The van der Waals surface area contributed by atoms with E-state index in [1.54, 1.807) is 12.1 Å². The van der Waals surface area contributed by atoms with Crippen molar-refractivity contribution >= 4 is 5.97 Å². The number of carboxylic acids is 1. The van der Waals surface area contributed by atoms with E-state index in [0.717, 1.165) is 5.56 Å². The molecule has 3 heteroatoms. The molecule has 2 rings (SSSR count). The molecule has 2 nitrogen and oxygen atoms in total. The number of carbonyl (C=O) groups is 1. The highest BCUT2D eigenvalue weighted by atomic mass is 19.1. The molecule has 1 aromatic rings. The zero-order valence-corrected chi connectivity index (χ0v) is 6.90. The van der Waals surface area contributed by atoms with Crippen LogP contribution in [0, 0.1) is 0 Å². The predicted octanol–water partition coefficient (Wildman–Crippen LogP) is 2.21. The lowest BCUT2D eigenvalue weighted by atomic mass is 10.1. The van der Waals surface area contributed by atoms with Crippen LogP contribution in [0.25, 0.3) is 0 Å². The van der Waals surface area contributed by atoms with E-state index in [1.165, 1.54) is 12.1 Å². The Kier molecular flexibility index (Phi) is 1.79. The fourth-order valence-electron chi connectivity index (χ4n) is 1.38. The molecule has 1 aliphatic carbocycles. The summed E-state index contributed by atoms with van der Waals surface area (Å²) in [6, 6.07) is 6.41. The number of alkyl halides is 1. The highest BCUT2D eigenvalue weighted by molar-refractivity contribution is 5.87. The highest BCUT2D eigenvalue weighted by Crippen LogP contribution is 2.43. The summed E-state index contributed by atoms with van der Waals surface area (Å²) in [5.41, 5.74) is 1.15. The van der Waals surface area contributed by atoms with Crippen LogP contribution in [-0.2, 0) is 0 Å². The smallest absolute Gasteiger partial charge is 0.335 e. The van der Waals surface area contributed by atoms with Gasteiger partial charge in [0.15, 0.2) is 0 Å². The third kappa shape index (κ3) is 1.54. The van der Waals surface area contributed by atoms with E-state index in [-0.39, 0.29) is 11.5 Å². The van der Waals surface area contributed by atoms with Crippen molar-refractivity contribution < 1.29 is 14.3 Å². The van der Waals surface area contributed by atoms with Crippen molar-refractivity contribution in [3.05, 3.63) is 35.4 Å². The summed E-state index contributed by atoms with van der Waals surface area (Å²) >= 11 is 0. The summed E-state index contributed by atoms with van der Waals surface area (Å²) in [5, 5.41) is 8.61. The minimum atomic E-state index is -0.945. The van der Waals surface area contributed by atoms with E-state index in [4.69, 9.17) is 5.11 Å². The van der Waals surface area contributed by atoms with Crippen molar-refractivity contribution in [1.82, 2.24) is 0 Å². The number of halogens is 1. The van der Waals surface area contributed by atoms with Gasteiger partial charge in [0.25, 0.3) is 0 Å². The molecule has 1 aromatic carbocycles. The summed E-state index contributed by atoms with van der Waals surface area (Å²) in [6.45, 7) is 0. The topological polar surface area (TPSA) is 37.3 Å². The number of aromatic carboxylic acids is 1. The molecule has 68 valence electrons. The molecule has 1 N–H and O–H groups in total. The molecule has 13 heavy (non-hydrogen) atoms. The molecule has 0 spiro atoms. The first-order chi connectivity index (χ1) is 6.18. The summed E-state index contributed by atoms with van der Waals surface area (Å²) in [7, 11) is 0. The summed E-state index contributed by atoms with van der Waals surface area (Å²) in [6.07, 6.45) is -0.150. The van der Waals surface area contributed by atoms with Crippen LogP contribution < -0.4 is 0 Å². The lowest BCUT2D eigenvalue weighted by molar-refractivity contribution is 0.0697. The molecule has 0 aliphatic heterocycles. The molecule has 0 radical (unpaired) electrons. The lowest BCUT2D eigenvalue weighted by Crippen LogP contribution is -1.95.